The standard InChI is InChI=1S/C9H13N3O/c1-6(3-10)8-5-12-4-7(2)11-9(12)13-8/h4-6H,3,10H2,1-2H3. The van der Waals surface area contributed by atoms with E-state index < -0.39 is 0 Å². The number of rotatable bonds is 2. The monoisotopic (exact) mass is 179 g/mol. The second-order valence-corrected chi connectivity index (χ2v) is 3.34. The van der Waals surface area contributed by atoms with E-state index in [0.29, 0.717) is 12.4 Å². The Hall–Kier alpha value is -1.29. The summed E-state index contributed by atoms with van der Waals surface area (Å²) in [6.07, 6.45) is 3.87. The predicted molar refractivity (Wildman–Crippen MR) is 49.7 cm³/mol. The third kappa shape index (κ3) is 1.33. The number of nitrogens with two attached hydrogens (primary N) is 1. The first-order valence-electron chi connectivity index (χ1n) is 4.36. The summed E-state index contributed by atoms with van der Waals surface area (Å²) in [5, 5.41) is 0. The van der Waals surface area contributed by atoms with Crippen LogP contribution in [0.3, 0.4) is 0 Å². The van der Waals surface area contributed by atoms with E-state index in [1.807, 2.05) is 30.6 Å². The van der Waals surface area contributed by atoms with Crippen molar-refractivity contribution in [2.45, 2.75) is 19.8 Å². The van der Waals surface area contributed by atoms with E-state index in [9.17, 15) is 0 Å². The van der Waals surface area contributed by atoms with Gasteiger partial charge in [-0.2, -0.15) is 4.98 Å². The van der Waals surface area contributed by atoms with Gasteiger partial charge in [-0.05, 0) is 6.92 Å². The summed E-state index contributed by atoms with van der Waals surface area (Å²) in [6, 6.07) is 0. The van der Waals surface area contributed by atoms with Crippen molar-refractivity contribution in [1.82, 2.24) is 9.38 Å². The smallest absolute Gasteiger partial charge is 0.306 e. The highest BCUT2D eigenvalue weighted by atomic mass is 16.4. The zero-order valence-corrected chi connectivity index (χ0v) is 7.82. The van der Waals surface area contributed by atoms with Crippen molar-refractivity contribution in [2.24, 2.45) is 5.73 Å². The Balaban J connectivity index is 2.45. The summed E-state index contributed by atoms with van der Waals surface area (Å²) in [5.41, 5.74) is 6.50. The van der Waals surface area contributed by atoms with Gasteiger partial charge in [0, 0.05) is 18.7 Å². The van der Waals surface area contributed by atoms with Gasteiger partial charge < -0.3 is 10.2 Å². The lowest BCUT2D eigenvalue weighted by Gasteiger charge is -2.00. The van der Waals surface area contributed by atoms with Gasteiger partial charge in [-0.3, -0.25) is 4.40 Å². The van der Waals surface area contributed by atoms with Crippen LogP contribution in [0.15, 0.2) is 16.8 Å². The Bertz CT molecular complexity index is 384. The summed E-state index contributed by atoms with van der Waals surface area (Å²) >= 11 is 0. The van der Waals surface area contributed by atoms with Crippen molar-refractivity contribution in [3.63, 3.8) is 0 Å². The van der Waals surface area contributed by atoms with Crippen molar-refractivity contribution < 1.29 is 4.42 Å². The van der Waals surface area contributed by atoms with E-state index in [0.717, 1.165) is 11.5 Å². The molecule has 0 fully saturated rings. The quantitative estimate of drug-likeness (QED) is 0.755. The molecule has 0 aliphatic carbocycles. The van der Waals surface area contributed by atoms with Crippen LogP contribution in [0.2, 0.25) is 0 Å². The zero-order chi connectivity index (χ0) is 9.42. The number of oxazole rings is 1. The first-order valence-corrected chi connectivity index (χ1v) is 4.36. The highest BCUT2D eigenvalue weighted by Gasteiger charge is 2.10. The Morgan fingerprint density at radius 1 is 1.62 bits per heavy atom. The number of hydrogen-bond acceptors (Lipinski definition) is 3. The number of hydrogen-bond donors (Lipinski definition) is 1. The molecule has 4 nitrogen and oxygen atoms in total. The summed E-state index contributed by atoms with van der Waals surface area (Å²) in [7, 11) is 0. The van der Waals surface area contributed by atoms with Gasteiger partial charge in [-0.25, -0.2) is 0 Å². The highest BCUT2D eigenvalue weighted by Crippen LogP contribution is 2.17. The number of nitrogens with zero attached hydrogens (tertiary/aromatic N) is 2. The fourth-order valence-corrected chi connectivity index (χ4v) is 1.27. The fourth-order valence-electron chi connectivity index (χ4n) is 1.27. The van der Waals surface area contributed by atoms with Crippen molar-refractivity contribution in [3.05, 3.63) is 23.8 Å². The van der Waals surface area contributed by atoms with Crippen LogP contribution in [0.1, 0.15) is 24.3 Å². The van der Waals surface area contributed by atoms with E-state index >= 15 is 0 Å². The molecule has 0 saturated heterocycles. The lowest BCUT2D eigenvalue weighted by atomic mass is 10.1. The molecule has 2 N–H and O–H groups in total. The molecule has 0 radical (unpaired) electrons. The number of imidazole rings is 1. The van der Waals surface area contributed by atoms with E-state index in [4.69, 9.17) is 10.2 Å². The molecule has 1 atom stereocenters. The van der Waals surface area contributed by atoms with Crippen molar-refractivity contribution >= 4 is 5.84 Å². The Kier molecular flexibility index (Phi) is 1.84. The second kappa shape index (κ2) is 2.88. The van der Waals surface area contributed by atoms with Crippen LogP contribution >= 0.6 is 0 Å². The maximum atomic E-state index is 5.53. The third-order valence-electron chi connectivity index (χ3n) is 2.13. The highest BCUT2D eigenvalue weighted by molar-refractivity contribution is 5.28. The summed E-state index contributed by atoms with van der Waals surface area (Å²) < 4.78 is 7.40. The average Bonchev–Trinajstić information content (AvgIpc) is 2.59. The summed E-state index contributed by atoms with van der Waals surface area (Å²) in [5.74, 6) is 1.79. The molecule has 2 rings (SSSR count). The van der Waals surface area contributed by atoms with Crippen LogP contribution in [0.25, 0.3) is 5.84 Å². The van der Waals surface area contributed by atoms with Crippen molar-refractivity contribution in [2.75, 3.05) is 6.54 Å². The zero-order valence-electron chi connectivity index (χ0n) is 7.82. The minimum Gasteiger partial charge on any atom is -0.428 e. The topological polar surface area (TPSA) is 56.5 Å². The maximum absolute atomic E-state index is 5.53. The molecule has 4 heteroatoms. The van der Waals surface area contributed by atoms with E-state index in [1.165, 1.54) is 0 Å². The molecular formula is C9H13N3O. The Morgan fingerprint density at radius 2 is 2.38 bits per heavy atom. The van der Waals surface area contributed by atoms with E-state index in [1.54, 1.807) is 0 Å². The van der Waals surface area contributed by atoms with E-state index in [2.05, 4.69) is 4.98 Å². The fraction of sp³-hybridized carbons (Fsp3) is 0.444. The molecule has 0 bridgehead atoms. The normalized spacial score (nSPS) is 13.8. The Labute approximate surface area is 76.4 Å². The molecule has 0 aliphatic rings. The van der Waals surface area contributed by atoms with Gasteiger partial charge in [0.2, 0.25) is 0 Å². The lowest BCUT2D eigenvalue weighted by Crippen LogP contribution is -2.07. The van der Waals surface area contributed by atoms with Gasteiger partial charge in [0.05, 0.1) is 11.9 Å². The molecule has 0 aromatic carbocycles. The number of fused-ring (bicyclic) bond motifs is 1. The molecule has 0 amide bonds. The first kappa shape index (κ1) is 8.31. The van der Waals surface area contributed by atoms with Crippen LogP contribution in [0.4, 0.5) is 0 Å². The van der Waals surface area contributed by atoms with Crippen molar-refractivity contribution in [1.29, 1.82) is 0 Å². The third-order valence-corrected chi connectivity index (χ3v) is 2.13. The first-order chi connectivity index (χ1) is 6.20. The van der Waals surface area contributed by atoms with Gasteiger partial charge in [-0.1, -0.05) is 6.92 Å². The second-order valence-electron chi connectivity index (χ2n) is 3.34. The molecule has 1 unspecified atom stereocenters. The summed E-state index contributed by atoms with van der Waals surface area (Å²) in [6.45, 7) is 4.56. The van der Waals surface area contributed by atoms with Gasteiger partial charge in [0.25, 0.3) is 0 Å². The lowest BCUT2D eigenvalue weighted by molar-refractivity contribution is 0.500. The van der Waals surface area contributed by atoms with Gasteiger partial charge in [0.1, 0.15) is 5.76 Å². The van der Waals surface area contributed by atoms with Crippen LogP contribution < -0.4 is 5.73 Å². The van der Waals surface area contributed by atoms with Crippen LogP contribution in [0, 0.1) is 6.92 Å². The molecule has 0 aliphatic heterocycles. The minimum atomic E-state index is 0.252. The maximum Gasteiger partial charge on any atom is 0.306 e. The average molecular weight is 179 g/mol. The SMILES string of the molecule is Cc1cn2cc(C(C)CN)oc2n1. The van der Waals surface area contributed by atoms with Gasteiger partial charge >= 0.3 is 5.84 Å². The number of aromatic nitrogens is 2. The van der Waals surface area contributed by atoms with Crippen LogP contribution in [0.5, 0.6) is 0 Å². The van der Waals surface area contributed by atoms with E-state index in [-0.39, 0.29) is 5.92 Å². The molecular weight excluding hydrogens is 166 g/mol. The molecule has 2 aromatic rings. The molecule has 0 saturated carbocycles. The van der Waals surface area contributed by atoms with Gasteiger partial charge in [0.15, 0.2) is 0 Å². The molecule has 13 heavy (non-hydrogen) atoms. The molecule has 0 spiro atoms. The molecule has 2 heterocycles. The number of aryl methyl sites for hydroxylation is 1. The van der Waals surface area contributed by atoms with Crippen LogP contribution in [-0.2, 0) is 0 Å². The van der Waals surface area contributed by atoms with Crippen LogP contribution in [-0.4, -0.2) is 15.9 Å². The summed E-state index contributed by atoms with van der Waals surface area (Å²) in [4.78, 5) is 4.21. The predicted octanol–water partition coefficient (Wildman–Crippen LogP) is 1.30. The van der Waals surface area contributed by atoms with Crippen molar-refractivity contribution in [3.8, 4) is 0 Å². The minimum absolute atomic E-state index is 0.252. The molecule has 2 aromatic heterocycles. The van der Waals surface area contributed by atoms with Gasteiger partial charge in [-0.15, -0.1) is 0 Å². The largest absolute Gasteiger partial charge is 0.428 e. The molecule has 70 valence electrons. The Morgan fingerprint density at radius 3 is 3.00 bits per heavy atom.